The van der Waals surface area contributed by atoms with Gasteiger partial charge in [0.1, 0.15) is 0 Å². The largest absolute Gasteiger partial charge is 0.256 e. The summed E-state index contributed by atoms with van der Waals surface area (Å²) in [6, 6.07) is 0. The molecule has 0 aromatic heterocycles. The van der Waals surface area contributed by atoms with E-state index in [0.717, 1.165) is 0 Å². The van der Waals surface area contributed by atoms with E-state index in [1.165, 1.54) is 30.8 Å². The summed E-state index contributed by atoms with van der Waals surface area (Å²) in [7, 11) is -0.838. The van der Waals surface area contributed by atoms with Crippen molar-refractivity contribution in [3.8, 4) is 0 Å². The summed E-state index contributed by atoms with van der Waals surface area (Å²) in [4.78, 5) is 1.48. The summed E-state index contributed by atoms with van der Waals surface area (Å²) in [5.41, 5.74) is 3.33. The van der Waals surface area contributed by atoms with Gasteiger partial charge in [-0.1, -0.05) is 55.9 Å². The minimum atomic E-state index is -0.838. The lowest BCUT2D eigenvalue weighted by molar-refractivity contribution is 0.575. The summed E-state index contributed by atoms with van der Waals surface area (Å²) >= 11 is 0. The molecule has 0 amide bonds. The van der Waals surface area contributed by atoms with Gasteiger partial charge in [0.2, 0.25) is 0 Å². The van der Waals surface area contributed by atoms with Crippen molar-refractivity contribution in [2.45, 2.75) is 33.6 Å². The van der Waals surface area contributed by atoms with Crippen molar-refractivity contribution in [2.24, 2.45) is 0 Å². The molecule has 19 heavy (non-hydrogen) atoms. The molecule has 0 aliphatic carbocycles. The molecule has 0 saturated carbocycles. The van der Waals surface area contributed by atoms with Crippen LogP contribution in [0.3, 0.4) is 0 Å². The predicted molar refractivity (Wildman–Crippen MR) is 91.7 cm³/mol. The third-order valence-electron chi connectivity index (χ3n) is 4.10. The van der Waals surface area contributed by atoms with E-state index >= 15 is 0 Å². The van der Waals surface area contributed by atoms with Crippen molar-refractivity contribution >= 4 is 10.2 Å². The van der Waals surface area contributed by atoms with E-state index in [9.17, 15) is 0 Å². The molecule has 0 unspecified atom stereocenters. The fourth-order valence-electron chi connectivity index (χ4n) is 2.39. The Morgan fingerprint density at radius 2 is 1.68 bits per heavy atom. The quantitative estimate of drug-likeness (QED) is 0.486. The third kappa shape index (κ3) is 3.87. The molecule has 0 atom stereocenters. The molecule has 1 aliphatic heterocycles. The first-order valence-corrected chi connectivity index (χ1v) is 9.52. The lowest BCUT2D eigenvalue weighted by atomic mass is 10.1. The minimum absolute atomic E-state index is 0.838. The van der Waals surface area contributed by atoms with E-state index in [1.54, 1.807) is 11.1 Å². The smallest absolute Gasteiger partial charge is 0.0294 e. The second-order valence-corrected chi connectivity index (χ2v) is 9.09. The highest BCUT2D eigenvalue weighted by Gasteiger charge is 2.29. The maximum Gasteiger partial charge on any atom is 0.0294 e. The molecule has 0 fully saturated rings. The average molecular weight is 279 g/mol. The summed E-state index contributed by atoms with van der Waals surface area (Å²) in [6.07, 6.45) is 15.4. The van der Waals surface area contributed by atoms with Crippen molar-refractivity contribution < 1.29 is 0 Å². The van der Waals surface area contributed by atoms with Gasteiger partial charge in [0.15, 0.2) is 0 Å². The van der Waals surface area contributed by atoms with E-state index in [0.29, 0.717) is 0 Å². The van der Waals surface area contributed by atoms with Crippen LogP contribution < -0.4 is 0 Å². The van der Waals surface area contributed by atoms with Crippen LogP contribution in [0, 0.1) is 0 Å². The molecule has 0 spiro atoms. The standard InChI is InChI=1S/C17H29NS/c1-7-10-11-12-15(4)19(5,6)18-13-16(8-2)17(9-3)14-18/h7,10-12H,1,8-9,13-14H2,2-6H3/b11-10-,15-12+. The maximum absolute atomic E-state index is 3.71. The summed E-state index contributed by atoms with van der Waals surface area (Å²) in [6.45, 7) is 12.9. The van der Waals surface area contributed by atoms with Gasteiger partial charge >= 0.3 is 0 Å². The van der Waals surface area contributed by atoms with Crippen molar-refractivity contribution in [1.82, 2.24) is 4.31 Å². The van der Waals surface area contributed by atoms with Crippen molar-refractivity contribution in [3.05, 3.63) is 46.9 Å². The number of nitrogens with zero attached hydrogens (tertiary/aromatic N) is 1. The predicted octanol–water partition coefficient (Wildman–Crippen LogP) is 5.04. The molecule has 1 rings (SSSR count). The number of hydrogen-bond acceptors (Lipinski definition) is 1. The van der Waals surface area contributed by atoms with Gasteiger partial charge in [-0.15, -0.1) is 0 Å². The van der Waals surface area contributed by atoms with E-state index in [1.807, 2.05) is 12.2 Å². The third-order valence-corrected chi connectivity index (χ3v) is 7.36. The summed E-state index contributed by atoms with van der Waals surface area (Å²) in [5.74, 6) is 0. The highest BCUT2D eigenvalue weighted by Crippen LogP contribution is 2.54. The first-order chi connectivity index (χ1) is 8.97. The Bertz CT molecular complexity index is 397. The normalized spacial score (nSPS) is 19.5. The van der Waals surface area contributed by atoms with Crippen LogP contribution in [-0.2, 0) is 0 Å². The zero-order valence-electron chi connectivity index (χ0n) is 13.2. The Morgan fingerprint density at radius 1 is 1.16 bits per heavy atom. The van der Waals surface area contributed by atoms with Crippen LogP contribution in [0.4, 0.5) is 0 Å². The highest BCUT2D eigenvalue weighted by molar-refractivity contribution is 8.33. The van der Waals surface area contributed by atoms with Gasteiger partial charge in [-0.2, -0.15) is 10.2 Å². The maximum atomic E-state index is 3.71. The highest BCUT2D eigenvalue weighted by atomic mass is 32.3. The first-order valence-electron chi connectivity index (χ1n) is 7.11. The van der Waals surface area contributed by atoms with Gasteiger partial charge in [-0.05, 0) is 37.2 Å². The van der Waals surface area contributed by atoms with Crippen LogP contribution in [-0.4, -0.2) is 29.9 Å². The van der Waals surface area contributed by atoms with Crippen LogP contribution in [0.2, 0.25) is 0 Å². The average Bonchev–Trinajstić information content (AvgIpc) is 2.82. The molecule has 1 aliphatic rings. The molecular weight excluding hydrogens is 250 g/mol. The fourth-order valence-corrected chi connectivity index (χ4v) is 4.17. The first kappa shape index (κ1) is 16.3. The van der Waals surface area contributed by atoms with E-state index in [4.69, 9.17) is 0 Å². The molecule has 1 heterocycles. The lowest BCUT2D eigenvalue weighted by Crippen LogP contribution is -2.25. The molecule has 108 valence electrons. The topological polar surface area (TPSA) is 3.24 Å². The van der Waals surface area contributed by atoms with Gasteiger partial charge in [0.05, 0.1) is 0 Å². The Hall–Kier alpha value is -0.730. The molecule has 1 nitrogen and oxygen atoms in total. The molecule has 0 radical (unpaired) electrons. The lowest BCUT2D eigenvalue weighted by Gasteiger charge is -2.42. The summed E-state index contributed by atoms with van der Waals surface area (Å²) in [5, 5.41) is 0. The van der Waals surface area contributed by atoms with Crippen LogP contribution in [0.15, 0.2) is 46.9 Å². The zero-order valence-corrected chi connectivity index (χ0v) is 14.0. The Kier molecular flexibility index (Phi) is 6.15. The fraction of sp³-hybridized carbons (Fsp3) is 0.529. The minimum Gasteiger partial charge on any atom is -0.256 e. The molecule has 0 aromatic carbocycles. The second-order valence-electron chi connectivity index (χ2n) is 5.38. The van der Waals surface area contributed by atoms with Crippen molar-refractivity contribution in [2.75, 3.05) is 25.6 Å². The van der Waals surface area contributed by atoms with Crippen molar-refractivity contribution in [3.63, 3.8) is 0 Å². The van der Waals surface area contributed by atoms with Gasteiger partial charge in [0.25, 0.3) is 0 Å². The van der Waals surface area contributed by atoms with Gasteiger partial charge in [-0.25, -0.2) is 0 Å². The molecule has 0 bridgehead atoms. The molecule has 0 N–H and O–H groups in total. The number of rotatable bonds is 6. The Balaban J connectivity index is 2.83. The molecular formula is C17H29NS. The SMILES string of the molecule is C=C/C=C\C=C(/C)S(C)(C)N1CC(CC)=C(CC)C1. The van der Waals surface area contributed by atoms with Crippen LogP contribution >= 0.6 is 10.2 Å². The van der Waals surface area contributed by atoms with Gasteiger partial charge in [0, 0.05) is 13.1 Å². The number of allylic oxidation sites excluding steroid dienone is 5. The van der Waals surface area contributed by atoms with E-state index < -0.39 is 10.2 Å². The van der Waals surface area contributed by atoms with Crippen LogP contribution in [0.1, 0.15) is 33.6 Å². The van der Waals surface area contributed by atoms with Gasteiger partial charge in [-0.3, -0.25) is 4.31 Å². The van der Waals surface area contributed by atoms with E-state index in [-0.39, 0.29) is 0 Å². The van der Waals surface area contributed by atoms with E-state index in [2.05, 4.69) is 56.3 Å². The Morgan fingerprint density at radius 3 is 2.11 bits per heavy atom. The van der Waals surface area contributed by atoms with Gasteiger partial charge < -0.3 is 0 Å². The number of hydrogen-bond donors (Lipinski definition) is 0. The van der Waals surface area contributed by atoms with Crippen LogP contribution in [0.5, 0.6) is 0 Å². The summed E-state index contributed by atoms with van der Waals surface area (Å²) < 4.78 is 2.68. The zero-order chi connectivity index (χ0) is 14.5. The van der Waals surface area contributed by atoms with Crippen LogP contribution in [0.25, 0.3) is 0 Å². The Labute approximate surface area is 121 Å². The second kappa shape index (κ2) is 7.16. The molecule has 0 saturated heterocycles. The molecule has 0 aromatic rings. The van der Waals surface area contributed by atoms with Crippen molar-refractivity contribution in [1.29, 1.82) is 0 Å². The molecule has 2 heteroatoms. The monoisotopic (exact) mass is 279 g/mol.